The van der Waals surface area contributed by atoms with Crippen LogP contribution in [0.2, 0.25) is 0 Å². The second-order valence-corrected chi connectivity index (χ2v) is 4.30. The summed E-state index contributed by atoms with van der Waals surface area (Å²) < 4.78 is 16.4. The number of allylic oxidation sites excluding steroid dienone is 1. The summed E-state index contributed by atoms with van der Waals surface area (Å²) in [6.07, 6.45) is 6.70. The quantitative estimate of drug-likeness (QED) is 0.466. The number of ether oxygens (including phenoxy) is 3. The van der Waals surface area contributed by atoms with E-state index in [1.165, 1.54) is 0 Å². The maximum Gasteiger partial charge on any atom is 0.311 e. The number of cyclic esters (lactones) is 1. The van der Waals surface area contributed by atoms with E-state index in [0.29, 0.717) is 13.2 Å². The zero-order valence-electron chi connectivity index (χ0n) is 9.61. The van der Waals surface area contributed by atoms with Gasteiger partial charge in [-0.15, -0.1) is 0 Å². The van der Waals surface area contributed by atoms with Gasteiger partial charge in [-0.2, -0.15) is 0 Å². The van der Waals surface area contributed by atoms with Crippen LogP contribution in [0.4, 0.5) is 0 Å². The molecule has 1 fully saturated rings. The molecule has 1 spiro atoms. The molecule has 16 heavy (non-hydrogen) atoms. The average molecular weight is 226 g/mol. The zero-order chi connectivity index (χ0) is 11.4. The Labute approximate surface area is 95.6 Å². The summed E-state index contributed by atoms with van der Waals surface area (Å²) in [6.45, 7) is 3.00. The number of carbonyl (C=O) groups excluding carboxylic acids is 1. The smallest absolute Gasteiger partial charge is 0.311 e. The molecule has 0 amide bonds. The van der Waals surface area contributed by atoms with E-state index in [0.717, 1.165) is 19.3 Å². The number of hydrogen-bond donors (Lipinski definition) is 0. The van der Waals surface area contributed by atoms with Gasteiger partial charge in [-0.05, 0) is 25.8 Å². The molecule has 2 rings (SSSR count). The molecule has 0 aromatic heterocycles. The first-order chi connectivity index (χ1) is 7.70. The Morgan fingerprint density at radius 1 is 1.38 bits per heavy atom. The first-order valence-corrected chi connectivity index (χ1v) is 5.84. The summed E-state index contributed by atoms with van der Waals surface area (Å²) in [6, 6.07) is 0. The van der Waals surface area contributed by atoms with Gasteiger partial charge in [-0.25, -0.2) is 0 Å². The van der Waals surface area contributed by atoms with E-state index in [1.54, 1.807) is 0 Å². The minimum absolute atomic E-state index is 0.163. The van der Waals surface area contributed by atoms with Gasteiger partial charge >= 0.3 is 5.97 Å². The van der Waals surface area contributed by atoms with E-state index in [4.69, 9.17) is 14.2 Å². The molecule has 0 radical (unpaired) electrons. The Hall–Kier alpha value is -0.870. The zero-order valence-corrected chi connectivity index (χ0v) is 9.61. The van der Waals surface area contributed by atoms with Crippen molar-refractivity contribution in [3.8, 4) is 0 Å². The summed E-state index contributed by atoms with van der Waals surface area (Å²) in [5.74, 6) is -0.969. The molecule has 90 valence electrons. The Kier molecular flexibility index (Phi) is 3.61. The first-order valence-electron chi connectivity index (χ1n) is 5.84. The van der Waals surface area contributed by atoms with Crippen LogP contribution >= 0.6 is 0 Å². The van der Waals surface area contributed by atoms with Crippen LogP contribution in [0.15, 0.2) is 12.2 Å². The molecule has 2 aliphatic heterocycles. The minimum Gasteiger partial charge on any atom is -0.458 e. The Morgan fingerprint density at radius 3 is 2.88 bits per heavy atom. The number of carbonyl (C=O) groups is 1. The van der Waals surface area contributed by atoms with Gasteiger partial charge in [0.25, 0.3) is 0 Å². The summed E-state index contributed by atoms with van der Waals surface area (Å²) in [5, 5.41) is 0. The van der Waals surface area contributed by atoms with Gasteiger partial charge in [0.05, 0.1) is 19.6 Å². The Bertz CT molecular complexity index is 279. The van der Waals surface area contributed by atoms with E-state index in [1.807, 2.05) is 19.1 Å². The molecular weight excluding hydrogens is 208 g/mol. The van der Waals surface area contributed by atoms with Crippen molar-refractivity contribution in [1.82, 2.24) is 0 Å². The standard InChI is InChI=1S/C12H18O4/c1-10-5-3-2-4-6-12(9-11(13)16-10)14-7-8-15-12/h3,5,10H,2,4,6-9H2,1H3/b5-3-/t10-/m1/s1. The molecule has 1 atom stereocenters. The van der Waals surface area contributed by atoms with Gasteiger partial charge in [0.2, 0.25) is 0 Å². The van der Waals surface area contributed by atoms with Gasteiger partial charge in [-0.1, -0.05) is 6.08 Å². The highest BCUT2D eigenvalue weighted by molar-refractivity contribution is 5.70. The third-order valence-corrected chi connectivity index (χ3v) is 2.88. The van der Waals surface area contributed by atoms with Gasteiger partial charge in [0, 0.05) is 6.42 Å². The van der Waals surface area contributed by atoms with Crippen molar-refractivity contribution in [2.24, 2.45) is 0 Å². The third-order valence-electron chi connectivity index (χ3n) is 2.88. The van der Waals surface area contributed by atoms with Crippen LogP contribution in [-0.4, -0.2) is 31.1 Å². The van der Waals surface area contributed by atoms with E-state index in [-0.39, 0.29) is 18.5 Å². The lowest BCUT2D eigenvalue weighted by atomic mass is 10.0. The number of rotatable bonds is 0. The highest BCUT2D eigenvalue weighted by Crippen LogP contribution is 2.30. The molecule has 4 nitrogen and oxygen atoms in total. The highest BCUT2D eigenvalue weighted by atomic mass is 16.7. The van der Waals surface area contributed by atoms with Gasteiger partial charge in [-0.3, -0.25) is 4.79 Å². The molecule has 0 unspecified atom stereocenters. The van der Waals surface area contributed by atoms with Gasteiger partial charge < -0.3 is 14.2 Å². The highest BCUT2D eigenvalue weighted by Gasteiger charge is 2.39. The maximum atomic E-state index is 11.7. The fourth-order valence-electron chi connectivity index (χ4n) is 2.12. The molecule has 0 aromatic rings. The molecule has 4 heteroatoms. The first kappa shape index (κ1) is 11.6. The summed E-state index contributed by atoms with van der Waals surface area (Å²) in [5.41, 5.74) is 0. The van der Waals surface area contributed by atoms with Crippen LogP contribution in [0.3, 0.4) is 0 Å². The Morgan fingerprint density at radius 2 is 2.12 bits per heavy atom. The fraction of sp³-hybridized carbons (Fsp3) is 0.750. The lowest BCUT2D eigenvalue weighted by Gasteiger charge is -2.27. The molecule has 0 aliphatic carbocycles. The van der Waals surface area contributed by atoms with E-state index in [9.17, 15) is 4.79 Å². The van der Waals surface area contributed by atoms with Gasteiger partial charge in [0.15, 0.2) is 5.79 Å². The number of hydrogen-bond acceptors (Lipinski definition) is 4. The molecular formula is C12H18O4. The normalized spacial score (nSPS) is 32.3. The predicted octanol–water partition coefficient (Wildman–Crippen LogP) is 1.79. The molecule has 0 saturated carbocycles. The monoisotopic (exact) mass is 226 g/mol. The summed E-state index contributed by atoms with van der Waals surface area (Å²) in [4.78, 5) is 11.7. The number of esters is 1. The second-order valence-electron chi connectivity index (χ2n) is 4.30. The summed E-state index contributed by atoms with van der Waals surface area (Å²) >= 11 is 0. The van der Waals surface area contributed by atoms with Crippen molar-refractivity contribution in [2.45, 2.75) is 44.5 Å². The molecule has 0 bridgehead atoms. The van der Waals surface area contributed by atoms with Crippen LogP contribution in [0, 0.1) is 0 Å². The molecule has 1 saturated heterocycles. The Balaban J connectivity index is 2.05. The molecule has 2 aliphatic rings. The van der Waals surface area contributed by atoms with E-state index < -0.39 is 5.79 Å². The van der Waals surface area contributed by atoms with Crippen LogP contribution in [0.5, 0.6) is 0 Å². The van der Waals surface area contributed by atoms with Crippen LogP contribution in [0.1, 0.15) is 32.6 Å². The van der Waals surface area contributed by atoms with Gasteiger partial charge in [0.1, 0.15) is 6.10 Å². The second kappa shape index (κ2) is 4.97. The van der Waals surface area contributed by atoms with Crippen molar-refractivity contribution in [2.75, 3.05) is 13.2 Å². The fourth-order valence-corrected chi connectivity index (χ4v) is 2.12. The topological polar surface area (TPSA) is 44.8 Å². The lowest BCUT2D eigenvalue weighted by Crippen LogP contribution is -2.34. The van der Waals surface area contributed by atoms with Crippen molar-refractivity contribution >= 4 is 5.97 Å². The SMILES string of the molecule is C[C@@H]1/C=C\CCCC2(CC(=O)O1)OCCO2. The van der Waals surface area contributed by atoms with Crippen LogP contribution in [0.25, 0.3) is 0 Å². The van der Waals surface area contributed by atoms with Crippen molar-refractivity contribution in [3.63, 3.8) is 0 Å². The van der Waals surface area contributed by atoms with Crippen molar-refractivity contribution in [1.29, 1.82) is 0 Å². The molecule has 2 heterocycles. The predicted molar refractivity (Wildman–Crippen MR) is 57.8 cm³/mol. The third kappa shape index (κ3) is 2.83. The molecule has 0 N–H and O–H groups in total. The minimum atomic E-state index is -0.720. The van der Waals surface area contributed by atoms with E-state index in [2.05, 4.69) is 0 Å². The van der Waals surface area contributed by atoms with Crippen LogP contribution in [-0.2, 0) is 19.0 Å². The van der Waals surface area contributed by atoms with E-state index >= 15 is 0 Å². The molecule has 0 aromatic carbocycles. The average Bonchev–Trinajstić information content (AvgIpc) is 2.65. The van der Waals surface area contributed by atoms with Crippen molar-refractivity contribution < 1.29 is 19.0 Å². The van der Waals surface area contributed by atoms with Crippen LogP contribution < -0.4 is 0 Å². The largest absolute Gasteiger partial charge is 0.458 e. The van der Waals surface area contributed by atoms with Crippen molar-refractivity contribution in [3.05, 3.63) is 12.2 Å². The maximum absolute atomic E-state index is 11.7. The summed E-state index contributed by atoms with van der Waals surface area (Å²) in [7, 11) is 0. The lowest BCUT2D eigenvalue weighted by molar-refractivity contribution is -0.187.